The van der Waals surface area contributed by atoms with Gasteiger partial charge in [-0.2, -0.15) is 9.88 Å². The van der Waals surface area contributed by atoms with Crippen LogP contribution in [0.4, 0.5) is 0 Å². The minimum Gasteiger partial charge on any atom is -0.497 e. The molecule has 16 heteroatoms. The van der Waals surface area contributed by atoms with Crippen molar-refractivity contribution < 1.29 is 47.8 Å². The summed E-state index contributed by atoms with van der Waals surface area (Å²) < 4.78 is 29.7. The normalized spacial score (nSPS) is 24.8. The van der Waals surface area contributed by atoms with Crippen molar-refractivity contribution in [3.05, 3.63) is 76.0 Å². The predicted molar refractivity (Wildman–Crippen MR) is 159 cm³/mol. The summed E-state index contributed by atoms with van der Waals surface area (Å²) in [6.45, 7) is 2.27. The highest BCUT2D eigenvalue weighted by Crippen LogP contribution is 2.41. The highest BCUT2D eigenvalue weighted by molar-refractivity contribution is 6.30. The minimum atomic E-state index is -2.53. The average molecular weight is 666 g/mol. The standard InChI is InChI=1S/C31H28ClN5O10/c1-16-20(21-11-19(43-2)7-8-22(21)37(16)27(40)17-3-5-18(32)6-4-17)12-23-34-28(35-47-23)31-36-10-9-33-15-24(36)44-25(38)13-30(42,29(41)46-31)14-26(39)45-31/h3-8,11,24,33,42H,9-10,12-15H2,1-2H3. The maximum Gasteiger partial charge on any atom is 0.391 e. The molecule has 244 valence electrons. The molecule has 3 unspecified atom stereocenters. The smallest absolute Gasteiger partial charge is 0.391 e. The Kier molecular flexibility index (Phi) is 7.50. The van der Waals surface area contributed by atoms with Crippen LogP contribution in [0.15, 0.2) is 47.0 Å². The zero-order valence-electron chi connectivity index (χ0n) is 25.1. The van der Waals surface area contributed by atoms with E-state index >= 15 is 0 Å². The molecule has 3 aliphatic rings. The van der Waals surface area contributed by atoms with Gasteiger partial charge in [0.05, 0.1) is 31.9 Å². The second-order valence-electron chi connectivity index (χ2n) is 11.5. The third kappa shape index (κ3) is 5.20. The molecule has 0 amide bonds. The van der Waals surface area contributed by atoms with Gasteiger partial charge in [0.2, 0.25) is 5.89 Å². The van der Waals surface area contributed by atoms with Gasteiger partial charge < -0.3 is 33.9 Å². The summed E-state index contributed by atoms with van der Waals surface area (Å²) in [6, 6.07) is 11.8. The largest absolute Gasteiger partial charge is 0.497 e. The molecule has 0 spiro atoms. The van der Waals surface area contributed by atoms with Gasteiger partial charge in [0.1, 0.15) is 5.75 Å². The number of piperazine rings is 1. The van der Waals surface area contributed by atoms with E-state index in [4.69, 9.17) is 35.1 Å². The molecular formula is C31H28ClN5O10. The van der Waals surface area contributed by atoms with Crippen LogP contribution in [0.5, 0.6) is 5.75 Å². The molecule has 3 aliphatic heterocycles. The van der Waals surface area contributed by atoms with Crippen molar-refractivity contribution in [2.45, 2.75) is 43.9 Å². The Balaban J connectivity index is 1.32. The molecule has 5 heterocycles. The number of methoxy groups -OCH3 is 1. The number of fused-ring (bicyclic) bond motifs is 6. The van der Waals surface area contributed by atoms with Crippen molar-refractivity contribution in [1.82, 2.24) is 24.9 Å². The van der Waals surface area contributed by atoms with Crippen LogP contribution in [0.1, 0.15) is 46.2 Å². The van der Waals surface area contributed by atoms with Gasteiger partial charge in [0.15, 0.2) is 11.8 Å². The Hall–Kier alpha value is -4.83. The molecule has 0 radical (unpaired) electrons. The van der Waals surface area contributed by atoms with E-state index < -0.39 is 48.5 Å². The van der Waals surface area contributed by atoms with Crippen molar-refractivity contribution in [3.8, 4) is 5.75 Å². The fourth-order valence-corrected chi connectivity index (χ4v) is 6.30. The number of hydrogen-bond donors (Lipinski definition) is 2. The summed E-state index contributed by atoms with van der Waals surface area (Å²) in [4.78, 5) is 58.7. The number of carbonyl (C=O) groups excluding carboxylic acids is 4. The lowest BCUT2D eigenvalue weighted by atomic mass is 9.96. The molecule has 47 heavy (non-hydrogen) atoms. The van der Waals surface area contributed by atoms with Gasteiger partial charge >= 0.3 is 23.8 Å². The zero-order chi connectivity index (χ0) is 33.1. The Morgan fingerprint density at radius 1 is 1.13 bits per heavy atom. The van der Waals surface area contributed by atoms with Gasteiger partial charge in [-0.25, -0.2) is 4.79 Å². The number of halogens is 1. The van der Waals surface area contributed by atoms with Crippen molar-refractivity contribution in [2.24, 2.45) is 0 Å². The highest BCUT2D eigenvalue weighted by Gasteiger charge is 2.62. The second-order valence-corrected chi connectivity index (χ2v) is 11.9. The van der Waals surface area contributed by atoms with Gasteiger partial charge in [-0.05, 0) is 55.0 Å². The number of aliphatic hydroxyl groups is 1. The number of ether oxygens (including phenoxy) is 4. The Bertz CT molecular complexity index is 1940. The van der Waals surface area contributed by atoms with E-state index in [0.29, 0.717) is 45.0 Å². The van der Waals surface area contributed by atoms with Crippen molar-refractivity contribution in [1.29, 1.82) is 0 Å². The van der Waals surface area contributed by atoms with Gasteiger partial charge in [-0.1, -0.05) is 16.8 Å². The molecule has 2 aromatic heterocycles. The van der Waals surface area contributed by atoms with Gasteiger partial charge in [-0.3, -0.25) is 19.0 Å². The van der Waals surface area contributed by atoms with Crippen LogP contribution < -0.4 is 10.1 Å². The molecule has 3 saturated heterocycles. The lowest BCUT2D eigenvalue weighted by Crippen LogP contribution is -2.63. The fraction of sp³-hybridized carbons (Fsp3) is 0.355. The lowest BCUT2D eigenvalue weighted by Gasteiger charge is -2.43. The third-order valence-corrected chi connectivity index (χ3v) is 8.75. The number of benzene rings is 2. The van der Waals surface area contributed by atoms with Crippen LogP contribution in [-0.2, 0) is 40.9 Å². The second kappa shape index (κ2) is 11.5. The highest BCUT2D eigenvalue weighted by atomic mass is 35.5. The topological polar surface area (TPSA) is 185 Å². The summed E-state index contributed by atoms with van der Waals surface area (Å²) in [7, 11) is 1.53. The fourth-order valence-electron chi connectivity index (χ4n) is 6.17. The van der Waals surface area contributed by atoms with Crippen molar-refractivity contribution in [3.63, 3.8) is 0 Å². The van der Waals surface area contributed by atoms with E-state index in [-0.39, 0.29) is 37.1 Å². The Labute approximate surface area is 271 Å². The van der Waals surface area contributed by atoms with Gasteiger partial charge in [0, 0.05) is 41.3 Å². The first kappa shape index (κ1) is 30.8. The van der Waals surface area contributed by atoms with Gasteiger partial charge in [-0.15, -0.1) is 0 Å². The first-order chi connectivity index (χ1) is 22.5. The maximum atomic E-state index is 13.7. The van der Waals surface area contributed by atoms with Crippen molar-refractivity contribution in [2.75, 3.05) is 26.7 Å². The van der Waals surface area contributed by atoms with E-state index in [1.54, 1.807) is 54.0 Å². The number of esters is 3. The summed E-state index contributed by atoms with van der Waals surface area (Å²) in [5, 5.41) is 19.3. The summed E-state index contributed by atoms with van der Waals surface area (Å²) in [5.41, 5.74) is -0.274. The maximum absolute atomic E-state index is 13.7. The van der Waals surface area contributed by atoms with Crippen molar-refractivity contribution >= 4 is 46.3 Å². The first-order valence-electron chi connectivity index (χ1n) is 14.7. The number of carbonyl (C=O) groups is 4. The molecule has 3 atom stereocenters. The van der Waals surface area contributed by atoms with Crippen LogP contribution in [0, 0.1) is 6.92 Å². The quantitative estimate of drug-likeness (QED) is 0.294. The molecule has 2 aromatic carbocycles. The Morgan fingerprint density at radius 3 is 2.66 bits per heavy atom. The van der Waals surface area contributed by atoms with Crippen LogP contribution in [-0.4, -0.2) is 87.1 Å². The lowest BCUT2D eigenvalue weighted by molar-refractivity contribution is -0.325. The van der Waals surface area contributed by atoms with Crippen LogP contribution in [0.25, 0.3) is 10.9 Å². The predicted octanol–water partition coefficient (Wildman–Crippen LogP) is 1.78. The van der Waals surface area contributed by atoms with E-state index in [1.165, 1.54) is 12.0 Å². The summed E-state index contributed by atoms with van der Waals surface area (Å²) in [6.07, 6.45) is -2.75. The summed E-state index contributed by atoms with van der Waals surface area (Å²) in [5.74, 6) is -5.71. The molecule has 2 N–H and O–H groups in total. The monoisotopic (exact) mass is 665 g/mol. The molecule has 0 aliphatic carbocycles. The van der Waals surface area contributed by atoms with Crippen LogP contribution >= 0.6 is 11.6 Å². The van der Waals surface area contributed by atoms with E-state index in [0.717, 1.165) is 0 Å². The molecule has 0 saturated carbocycles. The van der Waals surface area contributed by atoms with Crippen LogP contribution in [0.2, 0.25) is 5.02 Å². The number of aromatic nitrogens is 3. The third-order valence-electron chi connectivity index (χ3n) is 8.49. The number of nitrogens with one attached hydrogen (secondary N) is 1. The number of rotatable bonds is 5. The SMILES string of the molecule is COc1ccc2c(c1)c(Cc1nc(C34OC(=O)CC(O)(CC(=O)OC5CNCCN53)C(=O)O4)no1)c(C)n2C(=O)c1ccc(Cl)cc1. The molecule has 15 nitrogen and oxygen atoms in total. The molecular weight excluding hydrogens is 638 g/mol. The average Bonchev–Trinajstić information content (AvgIpc) is 3.60. The first-order valence-corrected chi connectivity index (χ1v) is 15.0. The zero-order valence-corrected chi connectivity index (χ0v) is 25.9. The van der Waals surface area contributed by atoms with Gasteiger partial charge in [0.25, 0.3) is 11.7 Å². The molecule has 3 fully saturated rings. The molecule has 7 rings (SSSR count). The van der Waals surface area contributed by atoms with E-state index in [1.807, 2.05) is 0 Å². The minimum absolute atomic E-state index is 0.00524. The Morgan fingerprint density at radius 2 is 1.89 bits per heavy atom. The molecule has 4 aromatic rings. The van der Waals surface area contributed by atoms with Crippen LogP contribution in [0.3, 0.4) is 0 Å². The molecule has 2 bridgehead atoms. The number of hydrogen-bond acceptors (Lipinski definition) is 14. The van der Waals surface area contributed by atoms with E-state index in [2.05, 4.69) is 15.5 Å². The summed E-state index contributed by atoms with van der Waals surface area (Å²) >= 11 is 6.05. The van der Waals surface area contributed by atoms with E-state index in [9.17, 15) is 24.3 Å². The number of nitrogens with zero attached hydrogens (tertiary/aromatic N) is 4.